The molecule has 2 aliphatic carbocycles. The molecule has 1 heterocycles. The van der Waals surface area contributed by atoms with Crippen molar-refractivity contribution in [1.29, 1.82) is 0 Å². The maximum atomic E-state index is 2.57. The molecule has 13 rings (SSSR count). The number of rotatable bonds is 4. The van der Waals surface area contributed by atoms with Crippen molar-refractivity contribution in [3.8, 4) is 33.4 Å². The molecule has 0 N–H and O–H groups in total. The molecule has 0 bridgehead atoms. The van der Waals surface area contributed by atoms with Crippen molar-refractivity contribution >= 4 is 70.1 Å². The number of benzene rings is 10. The van der Waals surface area contributed by atoms with Gasteiger partial charge in [-0.15, -0.1) is 11.3 Å². The van der Waals surface area contributed by atoms with Crippen LogP contribution in [0.2, 0.25) is 0 Å². The zero-order valence-corrected chi connectivity index (χ0v) is 32.9. The third kappa shape index (κ3) is 4.44. The number of hydrogen-bond acceptors (Lipinski definition) is 2. The number of anilines is 3. The number of thiophene rings is 1. The van der Waals surface area contributed by atoms with E-state index in [1.165, 1.54) is 109 Å². The van der Waals surface area contributed by atoms with Gasteiger partial charge in [-0.1, -0.05) is 182 Å². The first kappa shape index (κ1) is 32.8. The second-order valence-electron chi connectivity index (χ2n) is 15.9. The van der Waals surface area contributed by atoms with Crippen LogP contribution in [-0.4, -0.2) is 0 Å². The van der Waals surface area contributed by atoms with Crippen molar-refractivity contribution in [3.05, 3.63) is 235 Å². The van der Waals surface area contributed by atoms with Crippen molar-refractivity contribution in [2.45, 2.75) is 5.41 Å². The third-order valence-electron chi connectivity index (χ3n) is 13.1. The molecule has 10 aromatic carbocycles. The van der Waals surface area contributed by atoms with Crippen molar-refractivity contribution in [1.82, 2.24) is 0 Å². The molecule has 1 spiro atoms. The Kier molecular flexibility index (Phi) is 6.87. The number of hydrogen-bond donors (Lipinski definition) is 0. The molecule has 274 valence electrons. The second kappa shape index (κ2) is 12.4. The molecule has 1 aromatic heterocycles. The van der Waals surface area contributed by atoms with E-state index in [-0.39, 0.29) is 0 Å². The van der Waals surface area contributed by atoms with Gasteiger partial charge in [-0.2, -0.15) is 0 Å². The molecule has 0 saturated heterocycles. The monoisotopic (exact) mass is 765 g/mol. The standard InChI is InChI=1S/C57H35NS/c1-3-17-40-36(14-1)16-11-22-41(40)38-30-33-39(34-31-38)58(52-29-13-24-47-54-42-18-4-2-15-37(42)32-35-53(54)59-56(47)52)51-28-12-23-46-45-21-7-10-27-50(45)57(55(46)51)48-25-8-5-19-43(48)44-20-6-9-26-49(44)57/h1-35H. The van der Waals surface area contributed by atoms with Crippen molar-refractivity contribution in [3.63, 3.8) is 0 Å². The van der Waals surface area contributed by atoms with E-state index in [0.717, 1.165) is 5.69 Å². The molecule has 0 aliphatic heterocycles. The fourth-order valence-electron chi connectivity index (χ4n) is 10.7. The molecular weight excluding hydrogens is 731 g/mol. The van der Waals surface area contributed by atoms with E-state index in [0.29, 0.717) is 0 Å². The van der Waals surface area contributed by atoms with E-state index in [2.05, 4.69) is 217 Å². The summed E-state index contributed by atoms with van der Waals surface area (Å²) in [5, 5.41) is 7.71. The Hall–Kier alpha value is -7.26. The largest absolute Gasteiger partial charge is 0.309 e. The van der Waals surface area contributed by atoms with Crippen LogP contribution in [0.5, 0.6) is 0 Å². The van der Waals surface area contributed by atoms with Gasteiger partial charge in [0.25, 0.3) is 0 Å². The summed E-state index contributed by atoms with van der Waals surface area (Å²) in [6.45, 7) is 0. The fourth-order valence-corrected chi connectivity index (χ4v) is 11.9. The molecule has 2 aliphatic rings. The molecule has 0 fully saturated rings. The summed E-state index contributed by atoms with van der Waals surface area (Å²) in [6, 6.07) is 79.3. The lowest BCUT2D eigenvalue weighted by Crippen LogP contribution is -2.28. The van der Waals surface area contributed by atoms with Crippen LogP contribution in [0.4, 0.5) is 17.1 Å². The van der Waals surface area contributed by atoms with E-state index in [4.69, 9.17) is 0 Å². The SMILES string of the molecule is c1ccc2c(c1)-c1ccccc1C21c2ccccc2-c2cccc(N(c3ccc(-c4cccc5ccccc45)cc3)c3cccc4c3sc3ccc5ccccc5c34)c21. The molecule has 0 radical (unpaired) electrons. The van der Waals surface area contributed by atoms with Gasteiger partial charge in [-0.3, -0.25) is 0 Å². The predicted molar refractivity (Wildman–Crippen MR) is 251 cm³/mol. The van der Waals surface area contributed by atoms with Crippen molar-refractivity contribution in [2.75, 3.05) is 4.90 Å². The lowest BCUT2D eigenvalue weighted by atomic mass is 9.70. The van der Waals surface area contributed by atoms with Crippen LogP contribution in [0.25, 0.3) is 75.1 Å². The van der Waals surface area contributed by atoms with Gasteiger partial charge < -0.3 is 4.90 Å². The molecule has 1 nitrogen and oxygen atoms in total. The summed E-state index contributed by atoms with van der Waals surface area (Å²) in [4.78, 5) is 2.57. The molecule has 0 unspecified atom stereocenters. The first-order valence-electron chi connectivity index (χ1n) is 20.4. The van der Waals surface area contributed by atoms with Gasteiger partial charge in [-0.25, -0.2) is 0 Å². The Labute approximate surface area is 346 Å². The van der Waals surface area contributed by atoms with Crippen LogP contribution in [0.1, 0.15) is 22.3 Å². The van der Waals surface area contributed by atoms with Crippen LogP contribution in [0.15, 0.2) is 212 Å². The Balaban J connectivity index is 1.13. The van der Waals surface area contributed by atoms with Crippen molar-refractivity contribution < 1.29 is 0 Å². The smallest absolute Gasteiger partial charge is 0.0746 e. The fraction of sp³-hybridized carbons (Fsp3) is 0.0175. The Bertz CT molecular complexity index is 3450. The van der Waals surface area contributed by atoms with Crippen molar-refractivity contribution in [2.24, 2.45) is 0 Å². The van der Waals surface area contributed by atoms with Crippen LogP contribution < -0.4 is 4.90 Å². The zero-order valence-electron chi connectivity index (χ0n) is 32.1. The minimum Gasteiger partial charge on any atom is -0.309 e. The summed E-state index contributed by atoms with van der Waals surface area (Å²) >= 11 is 1.90. The molecule has 2 heteroatoms. The van der Waals surface area contributed by atoms with E-state index in [1.54, 1.807) is 0 Å². The van der Waals surface area contributed by atoms with E-state index < -0.39 is 5.41 Å². The highest BCUT2D eigenvalue weighted by Gasteiger charge is 2.53. The highest BCUT2D eigenvalue weighted by molar-refractivity contribution is 7.26. The Morgan fingerprint density at radius 2 is 0.864 bits per heavy atom. The Morgan fingerprint density at radius 1 is 0.356 bits per heavy atom. The van der Waals surface area contributed by atoms with Gasteiger partial charge in [0.1, 0.15) is 0 Å². The quantitative estimate of drug-likeness (QED) is 0.172. The maximum absolute atomic E-state index is 2.57. The predicted octanol–water partition coefficient (Wildman–Crippen LogP) is 15.8. The molecule has 59 heavy (non-hydrogen) atoms. The van der Waals surface area contributed by atoms with Gasteiger partial charge in [0.2, 0.25) is 0 Å². The van der Waals surface area contributed by atoms with Gasteiger partial charge in [-0.05, 0) is 102 Å². The van der Waals surface area contributed by atoms with Crippen LogP contribution in [0.3, 0.4) is 0 Å². The van der Waals surface area contributed by atoms with Gasteiger partial charge in [0, 0.05) is 26.7 Å². The van der Waals surface area contributed by atoms with E-state index >= 15 is 0 Å². The van der Waals surface area contributed by atoms with Gasteiger partial charge >= 0.3 is 0 Å². The first-order valence-corrected chi connectivity index (χ1v) is 21.2. The lowest BCUT2D eigenvalue weighted by molar-refractivity contribution is 0.793. The average Bonchev–Trinajstić information content (AvgIpc) is 3.94. The summed E-state index contributed by atoms with van der Waals surface area (Å²) in [6.07, 6.45) is 0. The molecule has 11 aromatic rings. The highest BCUT2D eigenvalue weighted by atomic mass is 32.1. The van der Waals surface area contributed by atoms with Gasteiger partial charge in [0.15, 0.2) is 0 Å². The van der Waals surface area contributed by atoms with Crippen LogP contribution in [-0.2, 0) is 5.41 Å². The van der Waals surface area contributed by atoms with Gasteiger partial charge in [0.05, 0.1) is 21.5 Å². The normalized spacial score (nSPS) is 13.2. The summed E-state index contributed by atoms with van der Waals surface area (Å²) in [5.41, 5.74) is 16.0. The highest BCUT2D eigenvalue weighted by Crippen LogP contribution is 2.65. The maximum Gasteiger partial charge on any atom is 0.0746 e. The minimum atomic E-state index is -0.499. The molecule has 0 atom stereocenters. The zero-order chi connectivity index (χ0) is 38.7. The van der Waals surface area contributed by atoms with Crippen LogP contribution in [0, 0.1) is 0 Å². The van der Waals surface area contributed by atoms with Crippen LogP contribution >= 0.6 is 11.3 Å². The second-order valence-corrected chi connectivity index (χ2v) is 17.0. The summed E-state index contributed by atoms with van der Waals surface area (Å²) in [7, 11) is 0. The molecule has 0 saturated carbocycles. The average molecular weight is 766 g/mol. The summed E-state index contributed by atoms with van der Waals surface area (Å²) < 4.78 is 2.59. The van der Waals surface area contributed by atoms with E-state index in [1.807, 2.05) is 11.3 Å². The van der Waals surface area contributed by atoms with E-state index in [9.17, 15) is 0 Å². The minimum absolute atomic E-state index is 0.499. The lowest BCUT2D eigenvalue weighted by Gasteiger charge is -2.36. The Morgan fingerprint density at radius 3 is 1.59 bits per heavy atom. The first-order chi connectivity index (χ1) is 29.3. The summed E-state index contributed by atoms with van der Waals surface area (Å²) in [5.74, 6) is 0. The number of fused-ring (bicyclic) bond motifs is 16. The molecular formula is C57H35NS. The third-order valence-corrected chi connectivity index (χ3v) is 14.3. The number of nitrogens with zero attached hydrogens (tertiary/aromatic N) is 1. The topological polar surface area (TPSA) is 3.24 Å². The molecule has 0 amide bonds.